The van der Waals surface area contributed by atoms with Crippen molar-refractivity contribution in [3.8, 4) is 0 Å². The second kappa shape index (κ2) is 11.1. The van der Waals surface area contributed by atoms with Gasteiger partial charge in [-0.3, -0.25) is 4.79 Å². The fourth-order valence-electron chi connectivity index (χ4n) is 4.37. The Morgan fingerprint density at radius 2 is 1.84 bits per heavy atom. The molecule has 7 heteroatoms. The van der Waals surface area contributed by atoms with Crippen LogP contribution in [0.3, 0.4) is 0 Å². The van der Waals surface area contributed by atoms with Crippen molar-refractivity contribution >= 4 is 45.8 Å². The molecule has 38 heavy (non-hydrogen) atoms. The first-order valence-corrected chi connectivity index (χ1v) is 13.5. The van der Waals surface area contributed by atoms with Gasteiger partial charge in [0.15, 0.2) is 5.65 Å². The van der Waals surface area contributed by atoms with E-state index >= 15 is 0 Å². The van der Waals surface area contributed by atoms with Crippen molar-refractivity contribution in [3.05, 3.63) is 101 Å². The summed E-state index contributed by atoms with van der Waals surface area (Å²) >= 11 is 1.64. The molecule has 0 spiro atoms. The summed E-state index contributed by atoms with van der Waals surface area (Å²) in [5.41, 5.74) is 6.20. The highest BCUT2D eigenvalue weighted by Gasteiger charge is 2.14. The van der Waals surface area contributed by atoms with Gasteiger partial charge in [-0.1, -0.05) is 37.2 Å². The lowest BCUT2D eigenvalue weighted by Crippen LogP contribution is -2.12. The highest BCUT2D eigenvalue weighted by molar-refractivity contribution is 7.99. The van der Waals surface area contributed by atoms with Crippen molar-refractivity contribution in [2.45, 2.75) is 50.3 Å². The quantitative estimate of drug-likeness (QED) is 0.214. The first-order valence-electron chi connectivity index (χ1n) is 12.7. The van der Waals surface area contributed by atoms with Gasteiger partial charge >= 0.3 is 0 Å². The SMILES string of the molecule is CCCc1ccc2c(Nc3cc(C)ccc3Sc3cccc(NC(=O)c4cc(C)oc4C)c3)ccnc2n1. The molecule has 0 bridgehead atoms. The Kier molecular flexibility index (Phi) is 7.47. The van der Waals surface area contributed by atoms with Crippen LogP contribution in [0.25, 0.3) is 11.0 Å². The predicted octanol–water partition coefficient (Wildman–Crippen LogP) is 8.25. The molecule has 0 saturated carbocycles. The van der Waals surface area contributed by atoms with Gasteiger partial charge in [-0.15, -0.1) is 0 Å². The van der Waals surface area contributed by atoms with Crippen LogP contribution < -0.4 is 10.6 Å². The maximum absolute atomic E-state index is 12.8. The molecule has 0 radical (unpaired) electrons. The van der Waals surface area contributed by atoms with E-state index < -0.39 is 0 Å². The summed E-state index contributed by atoms with van der Waals surface area (Å²) in [6.07, 6.45) is 3.79. The number of nitrogens with one attached hydrogen (secondary N) is 2. The van der Waals surface area contributed by atoms with Crippen LogP contribution in [0.2, 0.25) is 0 Å². The highest BCUT2D eigenvalue weighted by atomic mass is 32.2. The molecule has 0 aliphatic carbocycles. The zero-order chi connectivity index (χ0) is 26.6. The average Bonchev–Trinajstić information content (AvgIpc) is 3.24. The van der Waals surface area contributed by atoms with E-state index in [-0.39, 0.29) is 5.91 Å². The van der Waals surface area contributed by atoms with Gasteiger partial charge in [-0.05, 0) is 87.4 Å². The van der Waals surface area contributed by atoms with E-state index in [0.717, 1.165) is 67.7 Å². The Morgan fingerprint density at radius 1 is 0.974 bits per heavy atom. The molecule has 0 saturated heterocycles. The maximum Gasteiger partial charge on any atom is 0.259 e. The molecule has 0 atom stereocenters. The lowest BCUT2D eigenvalue weighted by atomic mass is 10.1. The molecule has 192 valence electrons. The minimum Gasteiger partial charge on any atom is -0.466 e. The summed E-state index contributed by atoms with van der Waals surface area (Å²) in [4.78, 5) is 24.1. The fourth-order valence-corrected chi connectivity index (χ4v) is 5.31. The third-order valence-corrected chi connectivity index (χ3v) is 7.24. The third kappa shape index (κ3) is 5.73. The molecule has 0 fully saturated rings. The number of pyridine rings is 2. The van der Waals surface area contributed by atoms with Crippen LogP contribution in [0, 0.1) is 20.8 Å². The molecule has 0 aliphatic heterocycles. The normalized spacial score (nSPS) is 11.1. The van der Waals surface area contributed by atoms with Crippen molar-refractivity contribution in [2.24, 2.45) is 0 Å². The van der Waals surface area contributed by atoms with E-state index in [2.05, 4.69) is 59.8 Å². The number of furan rings is 1. The van der Waals surface area contributed by atoms with Gasteiger partial charge in [-0.25, -0.2) is 9.97 Å². The van der Waals surface area contributed by atoms with Crippen LogP contribution in [-0.4, -0.2) is 15.9 Å². The van der Waals surface area contributed by atoms with Gasteiger partial charge in [0.25, 0.3) is 5.91 Å². The Morgan fingerprint density at radius 3 is 2.63 bits per heavy atom. The third-order valence-electron chi connectivity index (χ3n) is 6.18. The van der Waals surface area contributed by atoms with Gasteiger partial charge in [0.2, 0.25) is 0 Å². The van der Waals surface area contributed by atoms with E-state index in [9.17, 15) is 4.79 Å². The molecule has 1 amide bonds. The number of aromatic nitrogens is 2. The summed E-state index contributed by atoms with van der Waals surface area (Å²) < 4.78 is 5.51. The van der Waals surface area contributed by atoms with E-state index in [1.165, 1.54) is 0 Å². The molecule has 5 aromatic rings. The van der Waals surface area contributed by atoms with E-state index in [0.29, 0.717) is 11.3 Å². The van der Waals surface area contributed by atoms with Gasteiger partial charge in [0.1, 0.15) is 11.5 Å². The molecular weight excluding hydrogens is 492 g/mol. The van der Waals surface area contributed by atoms with E-state index in [1.807, 2.05) is 37.3 Å². The topological polar surface area (TPSA) is 80.0 Å². The summed E-state index contributed by atoms with van der Waals surface area (Å²) in [5, 5.41) is 7.60. The van der Waals surface area contributed by atoms with Crippen molar-refractivity contribution < 1.29 is 9.21 Å². The minimum absolute atomic E-state index is 0.181. The van der Waals surface area contributed by atoms with Crippen molar-refractivity contribution in [2.75, 3.05) is 10.6 Å². The lowest BCUT2D eigenvalue weighted by Gasteiger charge is -2.15. The number of fused-ring (bicyclic) bond motifs is 1. The zero-order valence-electron chi connectivity index (χ0n) is 22.0. The Balaban J connectivity index is 1.39. The fraction of sp³-hybridized carbons (Fsp3) is 0.194. The largest absolute Gasteiger partial charge is 0.466 e. The second-order valence-electron chi connectivity index (χ2n) is 9.32. The Hall–Kier alpha value is -4.10. The smallest absolute Gasteiger partial charge is 0.259 e. The summed E-state index contributed by atoms with van der Waals surface area (Å²) in [6, 6.07) is 22.1. The van der Waals surface area contributed by atoms with Crippen LogP contribution in [0.5, 0.6) is 0 Å². The van der Waals surface area contributed by atoms with Crippen molar-refractivity contribution in [1.29, 1.82) is 0 Å². The van der Waals surface area contributed by atoms with E-state index in [1.54, 1.807) is 30.9 Å². The number of carbonyl (C=O) groups excluding carboxylic acids is 1. The van der Waals surface area contributed by atoms with E-state index in [4.69, 9.17) is 9.40 Å². The van der Waals surface area contributed by atoms with Gasteiger partial charge in [-0.2, -0.15) is 0 Å². The minimum atomic E-state index is -0.181. The van der Waals surface area contributed by atoms with Crippen molar-refractivity contribution in [1.82, 2.24) is 9.97 Å². The van der Waals surface area contributed by atoms with Crippen LogP contribution in [0.4, 0.5) is 17.1 Å². The number of hydrogen-bond donors (Lipinski definition) is 2. The molecular formula is C31H30N4O2S. The summed E-state index contributed by atoms with van der Waals surface area (Å²) in [6.45, 7) is 7.87. The van der Waals surface area contributed by atoms with Crippen LogP contribution in [-0.2, 0) is 6.42 Å². The number of carbonyl (C=O) groups is 1. The number of hydrogen-bond acceptors (Lipinski definition) is 6. The first kappa shape index (κ1) is 25.5. The number of anilines is 3. The number of amides is 1. The molecule has 3 heterocycles. The number of benzene rings is 2. The summed E-state index contributed by atoms with van der Waals surface area (Å²) in [5.74, 6) is 1.15. The van der Waals surface area contributed by atoms with Gasteiger partial charge < -0.3 is 15.1 Å². The molecule has 0 unspecified atom stereocenters. The molecule has 3 aromatic heterocycles. The molecule has 6 nitrogen and oxygen atoms in total. The van der Waals surface area contributed by atoms with Crippen LogP contribution in [0.1, 0.15) is 46.5 Å². The summed E-state index contributed by atoms with van der Waals surface area (Å²) in [7, 11) is 0. The van der Waals surface area contributed by atoms with Gasteiger partial charge in [0, 0.05) is 32.8 Å². The average molecular weight is 523 g/mol. The van der Waals surface area contributed by atoms with Gasteiger partial charge in [0.05, 0.1) is 16.9 Å². The zero-order valence-corrected chi connectivity index (χ0v) is 22.8. The number of nitrogens with zero attached hydrogens (tertiary/aromatic N) is 2. The lowest BCUT2D eigenvalue weighted by molar-refractivity contribution is 0.102. The molecule has 0 aliphatic rings. The Labute approximate surface area is 226 Å². The predicted molar refractivity (Wildman–Crippen MR) is 155 cm³/mol. The molecule has 2 aromatic carbocycles. The number of rotatable bonds is 8. The van der Waals surface area contributed by atoms with Crippen LogP contribution >= 0.6 is 11.8 Å². The maximum atomic E-state index is 12.8. The first-order chi connectivity index (χ1) is 18.4. The standard InChI is InChI=1S/C31H30N4O2S/c1-5-7-22-11-12-25-27(14-15-32-30(25)33-22)35-28-16-19(2)10-13-29(28)38-24-9-6-8-23(18-24)34-31(36)26-17-20(3)37-21(26)4/h6,8-18H,5,7H2,1-4H3,(H,34,36)(H,32,33,35). The molecule has 2 N–H and O–H groups in total. The Bertz CT molecular complexity index is 1630. The van der Waals surface area contributed by atoms with Crippen molar-refractivity contribution in [3.63, 3.8) is 0 Å². The monoisotopic (exact) mass is 522 g/mol. The molecule has 5 rings (SSSR count). The second-order valence-corrected chi connectivity index (χ2v) is 10.4. The number of aryl methyl sites for hydroxylation is 4. The van der Waals surface area contributed by atoms with Crippen LogP contribution in [0.15, 0.2) is 87.1 Å². The highest BCUT2D eigenvalue weighted by Crippen LogP contribution is 2.37.